The number of aliphatic carboxylic acids is 1. The first kappa shape index (κ1) is 17.9. The summed E-state index contributed by atoms with van der Waals surface area (Å²) in [5.74, 6) is -1.85. The molecule has 1 aliphatic rings. The summed E-state index contributed by atoms with van der Waals surface area (Å²) in [4.78, 5) is 12.1. The predicted molar refractivity (Wildman–Crippen MR) is 93.6 cm³/mol. The Morgan fingerprint density at radius 2 is 1.76 bits per heavy atom. The Morgan fingerprint density at radius 1 is 1.16 bits per heavy atom. The summed E-state index contributed by atoms with van der Waals surface area (Å²) in [6.07, 6.45) is 0. The lowest BCUT2D eigenvalue weighted by atomic mass is 10.0. The molecule has 2 aromatic rings. The highest BCUT2D eigenvalue weighted by Crippen LogP contribution is 2.64. The van der Waals surface area contributed by atoms with E-state index >= 15 is 0 Å². The molecule has 1 saturated carbocycles. The second-order valence-electron chi connectivity index (χ2n) is 6.09. The van der Waals surface area contributed by atoms with E-state index in [-0.39, 0.29) is 11.5 Å². The Morgan fingerprint density at radius 3 is 2.28 bits per heavy atom. The van der Waals surface area contributed by atoms with Crippen molar-refractivity contribution in [3.05, 3.63) is 65.2 Å². The normalized spacial score (nSPS) is 25.5. The van der Waals surface area contributed by atoms with E-state index in [1.807, 2.05) is 0 Å². The third kappa shape index (κ3) is 2.84. The minimum absolute atomic E-state index is 0.0575. The summed E-state index contributed by atoms with van der Waals surface area (Å²) in [6, 6.07) is 14.6. The summed E-state index contributed by atoms with van der Waals surface area (Å²) < 4.78 is 31.3. The third-order valence-corrected chi connectivity index (χ3v) is 7.22. The second-order valence-corrected chi connectivity index (χ2v) is 8.59. The van der Waals surface area contributed by atoms with Gasteiger partial charge in [0.1, 0.15) is 5.41 Å². The molecule has 0 heterocycles. The molecule has 0 unspecified atom stereocenters. The molecule has 1 N–H and O–H groups in total. The molecule has 5 nitrogen and oxygen atoms in total. The fourth-order valence-corrected chi connectivity index (χ4v) is 5.97. The van der Waals surface area contributed by atoms with Crippen molar-refractivity contribution in [1.29, 1.82) is 0 Å². The number of carboxylic acids is 1. The van der Waals surface area contributed by atoms with Gasteiger partial charge in [0.2, 0.25) is 0 Å². The Balaban J connectivity index is 2.11. The van der Waals surface area contributed by atoms with Crippen molar-refractivity contribution in [2.24, 2.45) is 5.41 Å². The Labute approximate surface area is 151 Å². The molecule has 1 aliphatic carbocycles. The molecular formula is C18H17ClO5S. The fourth-order valence-electron chi connectivity index (χ4n) is 3.49. The molecule has 0 saturated heterocycles. The summed E-state index contributed by atoms with van der Waals surface area (Å²) in [6.45, 7) is -0.181. The molecular weight excluding hydrogens is 364 g/mol. The maximum atomic E-state index is 13.1. The van der Waals surface area contributed by atoms with Gasteiger partial charge in [0.25, 0.3) is 0 Å². The summed E-state index contributed by atoms with van der Waals surface area (Å²) >= 11 is 5.83. The van der Waals surface area contributed by atoms with Crippen molar-refractivity contribution in [3.63, 3.8) is 0 Å². The molecule has 0 aliphatic heterocycles. The van der Waals surface area contributed by atoms with E-state index in [1.54, 1.807) is 30.3 Å². The van der Waals surface area contributed by atoms with Crippen molar-refractivity contribution in [3.8, 4) is 0 Å². The fraction of sp³-hybridized carbons (Fsp3) is 0.278. The van der Waals surface area contributed by atoms with Crippen molar-refractivity contribution in [2.45, 2.75) is 16.1 Å². The van der Waals surface area contributed by atoms with E-state index < -0.39 is 32.4 Å². The van der Waals surface area contributed by atoms with Crippen LogP contribution in [-0.2, 0) is 19.4 Å². The van der Waals surface area contributed by atoms with Gasteiger partial charge in [0, 0.05) is 18.1 Å². The molecule has 7 heteroatoms. The van der Waals surface area contributed by atoms with Gasteiger partial charge in [-0.2, -0.15) is 0 Å². The van der Waals surface area contributed by atoms with Gasteiger partial charge in [-0.15, -0.1) is 0 Å². The minimum Gasteiger partial charge on any atom is -0.481 e. The van der Waals surface area contributed by atoms with Crippen LogP contribution in [0.25, 0.3) is 0 Å². The number of ether oxygens (including phenoxy) is 1. The Kier molecular flexibility index (Phi) is 4.62. The average Bonchev–Trinajstić information content (AvgIpc) is 3.27. The van der Waals surface area contributed by atoms with Crippen LogP contribution < -0.4 is 0 Å². The maximum absolute atomic E-state index is 13.1. The highest BCUT2D eigenvalue weighted by molar-refractivity contribution is 7.92. The van der Waals surface area contributed by atoms with Crippen LogP contribution in [0.15, 0.2) is 59.5 Å². The number of halogens is 1. The molecule has 0 amide bonds. The van der Waals surface area contributed by atoms with Crippen molar-refractivity contribution in [1.82, 2.24) is 0 Å². The number of carbonyl (C=O) groups is 1. The van der Waals surface area contributed by atoms with Crippen LogP contribution in [0.4, 0.5) is 0 Å². The zero-order valence-electron chi connectivity index (χ0n) is 13.4. The van der Waals surface area contributed by atoms with E-state index in [2.05, 4.69) is 0 Å². The van der Waals surface area contributed by atoms with Crippen LogP contribution in [0, 0.1) is 5.41 Å². The van der Waals surface area contributed by atoms with E-state index in [1.165, 1.54) is 31.4 Å². The van der Waals surface area contributed by atoms with Crippen LogP contribution in [-0.4, -0.2) is 38.5 Å². The van der Waals surface area contributed by atoms with Gasteiger partial charge < -0.3 is 9.84 Å². The Hall–Kier alpha value is -1.89. The summed E-state index contributed by atoms with van der Waals surface area (Å²) in [7, 11) is -2.50. The standard InChI is InChI=1S/C18H17ClO5S/c1-24-11-18(17(20)21)15(12-5-3-2-4-6-12)16(18)25(22,23)14-9-7-13(19)8-10-14/h2-10,15-16H,11H2,1H3,(H,20,21)/t15-,16+,18+/m1/s1. The van der Waals surface area contributed by atoms with Crippen LogP contribution in [0.3, 0.4) is 0 Å². The van der Waals surface area contributed by atoms with Gasteiger partial charge in [-0.3, -0.25) is 4.79 Å². The first-order valence-electron chi connectivity index (χ1n) is 7.62. The topological polar surface area (TPSA) is 80.7 Å². The number of hydrogen-bond acceptors (Lipinski definition) is 4. The number of hydrogen-bond donors (Lipinski definition) is 1. The highest BCUT2D eigenvalue weighted by atomic mass is 35.5. The molecule has 3 rings (SSSR count). The first-order valence-corrected chi connectivity index (χ1v) is 9.55. The zero-order chi connectivity index (χ0) is 18.2. The third-order valence-electron chi connectivity index (χ3n) is 4.67. The van der Waals surface area contributed by atoms with Crippen molar-refractivity contribution < 1.29 is 23.1 Å². The van der Waals surface area contributed by atoms with Crippen LogP contribution in [0.2, 0.25) is 5.02 Å². The summed E-state index contributed by atoms with van der Waals surface area (Å²) in [5.41, 5.74) is -0.835. The molecule has 0 aromatic heterocycles. The maximum Gasteiger partial charge on any atom is 0.314 e. The number of methoxy groups -OCH3 is 1. The number of sulfone groups is 1. The molecule has 25 heavy (non-hydrogen) atoms. The highest BCUT2D eigenvalue weighted by Gasteiger charge is 2.76. The Bertz CT molecular complexity index is 879. The number of rotatable bonds is 6. The first-order chi connectivity index (χ1) is 11.9. The lowest BCUT2D eigenvalue weighted by Crippen LogP contribution is -2.28. The minimum atomic E-state index is -3.87. The van der Waals surface area contributed by atoms with Crippen molar-refractivity contribution in [2.75, 3.05) is 13.7 Å². The number of benzene rings is 2. The largest absolute Gasteiger partial charge is 0.481 e. The van der Waals surface area contributed by atoms with Crippen LogP contribution in [0.5, 0.6) is 0 Å². The van der Waals surface area contributed by atoms with Gasteiger partial charge in [-0.1, -0.05) is 41.9 Å². The lowest BCUT2D eigenvalue weighted by molar-refractivity contribution is -0.145. The lowest BCUT2D eigenvalue weighted by Gasteiger charge is -2.12. The van der Waals surface area contributed by atoms with Gasteiger partial charge in [-0.05, 0) is 29.8 Å². The smallest absolute Gasteiger partial charge is 0.314 e. The predicted octanol–water partition coefficient (Wildman–Crippen LogP) is 3.00. The monoisotopic (exact) mass is 380 g/mol. The van der Waals surface area contributed by atoms with Crippen LogP contribution >= 0.6 is 11.6 Å². The van der Waals surface area contributed by atoms with E-state index in [9.17, 15) is 18.3 Å². The van der Waals surface area contributed by atoms with Gasteiger partial charge in [0.15, 0.2) is 9.84 Å². The average molecular weight is 381 g/mol. The quantitative estimate of drug-likeness (QED) is 0.833. The molecule has 3 atom stereocenters. The molecule has 0 radical (unpaired) electrons. The van der Waals surface area contributed by atoms with E-state index in [0.29, 0.717) is 10.6 Å². The van der Waals surface area contributed by atoms with E-state index in [0.717, 1.165) is 0 Å². The molecule has 2 aromatic carbocycles. The molecule has 1 fully saturated rings. The van der Waals surface area contributed by atoms with Gasteiger partial charge in [-0.25, -0.2) is 8.42 Å². The van der Waals surface area contributed by atoms with Gasteiger partial charge >= 0.3 is 5.97 Å². The number of carboxylic acid groups (broad SMARTS) is 1. The van der Waals surface area contributed by atoms with Crippen LogP contribution in [0.1, 0.15) is 11.5 Å². The summed E-state index contributed by atoms with van der Waals surface area (Å²) in [5, 5.41) is 9.14. The molecule has 132 valence electrons. The van der Waals surface area contributed by atoms with E-state index in [4.69, 9.17) is 16.3 Å². The second kappa shape index (κ2) is 6.44. The van der Waals surface area contributed by atoms with Gasteiger partial charge in [0.05, 0.1) is 16.8 Å². The SMILES string of the molecule is COC[C@]1(C(=O)O)[C@H](c2ccccc2)[C@@H]1S(=O)(=O)c1ccc(Cl)cc1. The zero-order valence-corrected chi connectivity index (χ0v) is 15.0. The molecule has 0 bridgehead atoms. The van der Waals surface area contributed by atoms with Crippen molar-refractivity contribution >= 4 is 27.4 Å². The molecule has 0 spiro atoms.